The van der Waals surface area contributed by atoms with Crippen molar-refractivity contribution < 1.29 is 30.7 Å². The van der Waals surface area contributed by atoms with Crippen LogP contribution in [0.2, 0.25) is 5.02 Å². The van der Waals surface area contributed by atoms with E-state index in [2.05, 4.69) is 15.9 Å². The van der Waals surface area contributed by atoms with E-state index in [0.717, 1.165) is 18.2 Å². The SMILES string of the molecule is O=S(=O)(c1[c]c(Br)c(Oc2cc(F)cc(Cl)c2)cc1)C(F)(F)F. The van der Waals surface area contributed by atoms with Gasteiger partial charge < -0.3 is 4.74 Å². The fraction of sp³-hybridized carbons (Fsp3) is 0.0769. The average molecular weight is 433 g/mol. The van der Waals surface area contributed by atoms with E-state index in [0.29, 0.717) is 6.07 Å². The summed E-state index contributed by atoms with van der Waals surface area (Å²) in [5, 5.41) is 0.0522. The van der Waals surface area contributed by atoms with E-state index in [9.17, 15) is 26.0 Å². The zero-order valence-corrected chi connectivity index (χ0v) is 13.9. The van der Waals surface area contributed by atoms with E-state index in [1.165, 1.54) is 6.07 Å². The quantitative estimate of drug-likeness (QED) is 0.632. The lowest BCUT2D eigenvalue weighted by Gasteiger charge is -2.11. The maximum absolute atomic E-state index is 13.2. The van der Waals surface area contributed by atoms with Gasteiger partial charge in [-0.05, 0) is 40.2 Å². The Kier molecular flexibility index (Phi) is 4.93. The van der Waals surface area contributed by atoms with Crippen LogP contribution in [0, 0.1) is 11.9 Å². The van der Waals surface area contributed by atoms with Crippen LogP contribution in [0.15, 0.2) is 39.7 Å². The second-order valence-electron chi connectivity index (χ2n) is 4.16. The Bertz CT molecular complexity index is 833. The van der Waals surface area contributed by atoms with Gasteiger partial charge in [-0.15, -0.1) is 0 Å². The van der Waals surface area contributed by atoms with Crippen molar-refractivity contribution in [1.82, 2.24) is 0 Å². The highest BCUT2D eigenvalue weighted by atomic mass is 79.9. The highest BCUT2D eigenvalue weighted by Crippen LogP contribution is 2.36. The summed E-state index contributed by atoms with van der Waals surface area (Å²) in [6, 6.07) is 7.01. The molecule has 0 N–H and O–H groups in total. The van der Waals surface area contributed by atoms with Gasteiger partial charge in [0.25, 0.3) is 9.84 Å². The van der Waals surface area contributed by atoms with Crippen molar-refractivity contribution in [2.75, 3.05) is 0 Å². The molecule has 0 atom stereocenters. The monoisotopic (exact) mass is 431 g/mol. The summed E-state index contributed by atoms with van der Waals surface area (Å²) < 4.78 is 78.3. The lowest BCUT2D eigenvalue weighted by molar-refractivity contribution is -0.0436. The van der Waals surface area contributed by atoms with Gasteiger partial charge in [-0.1, -0.05) is 11.6 Å². The predicted octanol–water partition coefficient (Wildman–Crippen LogP) is 5.13. The smallest absolute Gasteiger partial charge is 0.456 e. The van der Waals surface area contributed by atoms with Crippen LogP contribution < -0.4 is 4.74 Å². The molecule has 3 nitrogen and oxygen atoms in total. The van der Waals surface area contributed by atoms with Crippen LogP contribution in [0.5, 0.6) is 11.5 Å². The first-order chi connectivity index (χ1) is 10.5. The Balaban J connectivity index is 2.37. The minimum atomic E-state index is -5.52. The molecule has 123 valence electrons. The Morgan fingerprint density at radius 2 is 1.83 bits per heavy atom. The van der Waals surface area contributed by atoms with Gasteiger partial charge in [0.05, 0.1) is 9.37 Å². The van der Waals surface area contributed by atoms with Gasteiger partial charge in [-0.2, -0.15) is 13.2 Å². The van der Waals surface area contributed by atoms with Crippen molar-refractivity contribution >= 4 is 37.4 Å². The van der Waals surface area contributed by atoms with Gasteiger partial charge in [0, 0.05) is 17.2 Å². The molecule has 0 aliphatic rings. The summed E-state index contributed by atoms with van der Waals surface area (Å²) in [4.78, 5) is -1.07. The number of halogens is 6. The molecule has 2 aromatic carbocycles. The maximum Gasteiger partial charge on any atom is 0.501 e. The first kappa shape index (κ1) is 18.0. The number of benzene rings is 2. The minimum Gasteiger partial charge on any atom is -0.456 e. The maximum atomic E-state index is 13.2. The lowest BCUT2D eigenvalue weighted by Crippen LogP contribution is -2.23. The summed E-state index contributed by atoms with van der Waals surface area (Å²) in [5.74, 6) is -0.757. The number of ether oxygens (including phenoxy) is 1. The summed E-state index contributed by atoms with van der Waals surface area (Å²) in [7, 11) is -5.52. The number of sulfone groups is 1. The first-order valence-electron chi connectivity index (χ1n) is 5.68. The topological polar surface area (TPSA) is 43.4 Å². The third kappa shape index (κ3) is 3.96. The molecule has 1 radical (unpaired) electrons. The van der Waals surface area contributed by atoms with E-state index in [1.54, 1.807) is 0 Å². The Labute approximate surface area is 141 Å². The fourth-order valence-corrected chi connectivity index (χ4v) is 3.01. The molecule has 0 saturated heterocycles. The molecule has 10 heteroatoms. The predicted molar refractivity (Wildman–Crippen MR) is 77.7 cm³/mol. The summed E-state index contributed by atoms with van der Waals surface area (Å²) in [5.41, 5.74) is -5.44. The summed E-state index contributed by atoms with van der Waals surface area (Å²) in [6.45, 7) is 0. The molecule has 2 aromatic rings. The second kappa shape index (κ2) is 6.29. The van der Waals surface area contributed by atoms with Gasteiger partial charge in [0.15, 0.2) is 0 Å². The number of rotatable bonds is 3. The molecular weight excluding hydrogens is 428 g/mol. The molecule has 0 saturated carbocycles. The molecule has 0 aliphatic heterocycles. The van der Waals surface area contributed by atoms with Crippen molar-refractivity contribution in [2.24, 2.45) is 0 Å². The lowest BCUT2D eigenvalue weighted by atomic mass is 10.3. The van der Waals surface area contributed by atoms with Crippen molar-refractivity contribution in [3.8, 4) is 11.5 Å². The molecular formula is C13H5BrClF4O3S. The number of hydrogen-bond acceptors (Lipinski definition) is 3. The highest BCUT2D eigenvalue weighted by molar-refractivity contribution is 9.10. The van der Waals surface area contributed by atoms with Crippen LogP contribution in [0.1, 0.15) is 0 Å². The van der Waals surface area contributed by atoms with Crippen LogP contribution in [-0.2, 0) is 9.84 Å². The number of alkyl halides is 3. The second-order valence-corrected chi connectivity index (χ2v) is 7.30. The minimum absolute atomic E-state index is 0.0180. The third-order valence-corrected chi connectivity index (χ3v) is 4.73. The van der Waals surface area contributed by atoms with Crippen molar-refractivity contribution in [3.05, 3.63) is 51.7 Å². The Hall–Kier alpha value is -1.32. The number of hydrogen-bond donors (Lipinski definition) is 0. The van der Waals surface area contributed by atoms with Crippen molar-refractivity contribution in [1.29, 1.82) is 0 Å². The zero-order chi connectivity index (χ0) is 17.4. The van der Waals surface area contributed by atoms with Crippen LogP contribution in [-0.4, -0.2) is 13.9 Å². The molecule has 0 aliphatic carbocycles. The molecule has 0 fully saturated rings. The van der Waals surface area contributed by atoms with Gasteiger partial charge in [-0.25, -0.2) is 12.8 Å². The van der Waals surface area contributed by atoms with Gasteiger partial charge >= 0.3 is 5.51 Å². The zero-order valence-electron chi connectivity index (χ0n) is 10.8. The summed E-state index contributed by atoms with van der Waals surface area (Å²) >= 11 is 8.51. The van der Waals surface area contributed by atoms with E-state index >= 15 is 0 Å². The van der Waals surface area contributed by atoms with Gasteiger partial charge in [-0.3, -0.25) is 0 Å². The van der Waals surface area contributed by atoms with Crippen LogP contribution in [0.3, 0.4) is 0 Å². The average Bonchev–Trinajstić information content (AvgIpc) is 2.38. The first-order valence-corrected chi connectivity index (χ1v) is 8.33. The van der Waals surface area contributed by atoms with E-state index in [1.807, 2.05) is 6.07 Å². The van der Waals surface area contributed by atoms with Crippen molar-refractivity contribution in [3.63, 3.8) is 0 Å². The van der Waals surface area contributed by atoms with Crippen LogP contribution in [0.25, 0.3) is 0 Å². The molecule has 0 spiro atoms. The largest absolute Gasteiger partial charge is 0.501 e. The molecule has 0 amide bonds. The molecule has 0 heterocycles. The fourth-order valence-electron chi connectivity index (χ4n) is 1.51. The molecule has 0 unspecified atom stereocenters. The normalized spacial score (nSPS) is 12.3. The van der Waals surface area contributed by atoms with Crippen LogP contribution >= 0.6 is 27.5 Å². The molecule has 0 aromatic heterocycles. The van der Waals surface area contributed by atoms with Crippen LogP contribution in [0.4, 0.5) is 17.6 Å². The standard InChI is InChI=1S/C13H5BrClF4O3S/c14-11-6-10(23(20,21)13(17,18)19)1-2-12(11)22-9-4-7(15)3-8(16)5-9/h1-5H. The van der Waals surface area contributed by atoms with Gasteiger partial charge in [0.2, 0.25) is 0 Å². The molecule has 2 rings (SSSR count). The third-order valence-electron chi connectivity index (χ3n) is 2.49. The Morgan fingerprint density at radius 3 is 2.35 bits per heavy atom. The van der Waals surface area contributed by atoms with E-state index in [-0.39, 0.29) is 21.0 Å². The van der Waals surface area contributed by atoms with Gasteiger partial charge in [0.1, 0.15) is 17.3 Å². The van der Waals surface area contributed by atoms with E-state index < -0.39 is 26.1 Å². The molecule has 0 bridgehead atoms. The summed E-state index contributed by atoms with van der Waals surface area (Å²) in [6.07, 6.45) is 0. The van der Waals surface area contributed by atoms with E-state index in [4.69, 9.17) is 16.3 Å². The van der Waals surface area contributed by atoms with Crippen molar-refractivity contribution in [2.45, 2.75) is 10.4 Å². The highest BCUT2D eigenvalue weighted by Gasteiger charge is 2.47. The molecule has 23 heavy (non-hydrogen) atoms. The Morgan fingerprint density at radius 1 is 1.17 bits per heavy atom.